The highest BCUT2D eigenvalue weighted by atomic mass is 16.5. The molecule has 0 amide bonds. The maximum absolute atomic E-state index is 9.59. The van der Waals surface area contributed by atoms with E-state index in [1.807, 2.05) is 6.92 Å². The molecule has 0 heterocycles. The molecule has 0 bridgehead atoms. The van der Waals surface area contributed by atoms with Crippen molar-refractivity contribution in [2.75, 3.05) is 7.11 Å². The summed E-state index contributed by atoms with van der Waals surface area (Å²) in [6, 6.07) is 0. The number of allylic oxidation sites excluding steroid dienone is 1. The van der Waals surface area contributed by atoms with E-state index in [4.69, 9.17) is 5.11 Å². The Morgan fingerprint density at radius 2 is 2.10 bits per heavy atom. The molecule has 0 spiro atoms. The van der Waals surface area contributed by atoms with Crippen molar-refractivity contribution in [3.63, 3.8) is 0 Å². The van der Waals surface area contributed by atoms with Gasteiger partial charge in [-0.3, -0.25) is 4.79 Å². The molecule has 0 unspecified atom stereocenters. The van der Waals surface area contributed by atoms with Crippen LogP contribution in [0.25, 0.3) is 0 Å². The van der Waals surface area contributed by atoms with E-state index < -0.39 is 0 Å². The molecule has 0 aromatic rings. The van der Waals surface area contributed by atoms with Crippen LogP contribution >= 0.6 is 0 Å². The molecule has 3 nitrogen and oxygen atoms in total. The molecule has 0 atom stereocenters. The largest absolute Gasteiger partial charge is 0.516 e. The quantitative estimate of drug-likeness (QED) is 0.452. The van der Waals surface area contributed by atoms with Gasteiger partial charge >= 0.3 is 5.97 Å². The fraction of sp³-hybridized carbons (Fsp3) is 0.571. The van der Waals surface area contributed by atoms with Crippen LogP contribution in [0, 0.1) is 0 Å². The van der Waals surface area contributed by atoms with Crippen molar-refractivity contribution in [2.45, 2.75) is 20.3 Å². The van der Waals surface area contributed by atoms with Gasteiger partial charge in [-0.05, 0) is 6.42 Å². The molecule has 0 radical (unpaired) electrons. The number of aliphatic hydroxyl groups excluding tert-OH is 1. The van der Waals surface area contributed by atoms with Gasteiger partial charge < -0.3 is 9.84 Å². The second kappa shape index (κ2) is 10.9. The summed E-state index contributed by atoms with van der Waals surface area (Å²) in [7, 11) is 1.35. The molecule has 0 aromatic heterocycles. The number of aliphatic hydroxyl groups is 1. The van der Waals surface area contributed by atoms with Gasteiger partial charge in [0.15, 0.2) is 0 Å². The number of ether oxygens (including phenoxy) is 1. The molecular formula is C7H14O3. The van der Waals surface area contributed by atoms with Crippen LogP contribution in [-0.4, -0.2) is 18.2 Å². The molecule has 0 aliphatic heterocycles. The second-order valence-electron chi connectivity index (χ2n) is 1.49. The molecule has 3 heteroatoms. The fourth-order valence-corrected chi connectivity index (χ4v) is 0.105. The number of rotatable bonds is 1. The predicted molar refractivity (Wildman–Crippen MR) is 39.7 cm³/mol. The van der Waals surface area contributed by atoms with Crippen molar-refractivity contribution >= 4 is 5.97 Å². The zero-order valence-electron chi connectivity index (χ0n) is 6.63. The van der Waals surface area contributed by atoms with Crippen molar-refractivity contribution in [3.8, 4) is 0 Å². The minimum Gasteiger partial charge on any atom is -0.516 e. The lowest BCUT2D eigenvalue weighted by Gasteiger charge is -1.80. The van der Waals surface area contributed by atoms with Crippen LogP contribution in [0.3, 0.4) is 0 Å². The van der Waals surface area contributed by atoms with Crippen molar-refractivity contribution in [1.82, 2.24) is 0 Å². The summed E-state index contributed by atoms with van der Waals surface area (Å²) in [4.78, 5) is 9.59. The summed E-state index contributed by atoms with van der Waals surface area (Å²) < 4.78 is 4.11. The lowest BCUT2D eigenvalue weighted by Crippen LogP contribution is -1.88. The summed E-state index contributed by atoms with van der Waals surface area (Å²) in [5.74, 6) is -0.245. The maximum atomic E-state index is 9.59. The highest BCUT2D eigenvalue weighted by Crippen LogP contribution is 1.71. The number of methoxy groups -OCH3 is 1. The van der Waals surface area contributed by atoms with Crippen molar-refractivity contribution < 1.29 is 14.6 Å². The first-order valence-electron chi connectivity index (χ1n) is 3.02. The molecule has 0 aromatic carbocycles. The minimum atomic E-state index is -0.245. The summed E-state index contributed by atoms with van der Waals surface area (Å²) >= 11 is 0. The highest BCUT2D eigenvalue weighted by Gasteiger charge is 1.75. The van der Waals surface area contributed by atoms with Crippen molar-refractivity contribution in [1.29, 1.82) is 0 Å². The molecule has 0 saturated heterocycles. The Hall–Kier alpha value is -0.990. The number of hydrogen-bond acceptors (Lipinski definition) is 3. The van der Waals surface area contributed by atoms with Gasteiger partial charge in [0, 0.05) is 6.92 Å². The van der Waals surface area contributed by atoms with Crippen molar-refractivity contribution in [3.05, 3.63) is 12.3 Å². The number of hydrogen-bond donors (Lipinski definition) is 1. The van der Waals surface area contributed by atoms with Gasteiger partial charge in [0.2, 0.25) is 0 Å². The van der Waals surface area contributed by atoms with Gasteiger partial charge in [0.1, 0.15) is 0 Å². The highest BCUT2D eigenvalue weighted by molar-refractivity contribution is 5.65. The molecule has 0 rings (SSSR count). The average Bonchev–Trinajstić information content (AvgIpc) is 1.91. The smallest absolute Gasteiger partial charge is 0.302 e. The van der Waals surface area contributed by atoms with Crippen LogP contribution < -0.4 is 0 Å². The van der Waals surface area contributed by atoms with Gasteiger partial charge in [-0.25, -0.2) is 0 Å². The molecule has 0 saturated carbocycles. The number of carbonyl (C=O) groups excluding carboxylic acids is 1. The lowest BCUT2D eigenvalue weighted by molar-refractivity contribution is -0.137. The normalized spacial score (nSPS) is 8.30. The zero-order valence-corrected chi connectivity index (χ0v) is 6.63. The van der Waals surface area contributed by atoms with Crippen LogP contribution in [-0.2, 0) is 9.53 Å². The summed E-state index contributed by atoms with van der Waals surface area (Å²) in [5, 5.41) is 7.89. The van der Waals surface area contributed by atoms with Crippen LogP contribution in [0.5, 0.6) is 0 Å². The molecule has 1 N–H and O–H groups in total. The minimum absolute atomic E-state index is 0.245. The SMILES string of the molecule is CC/C=C/O.COC(C)=O. The summed E-state index contributed by atoms with van der Waals surface area (Å²) in [5.41, 5.74) is 0. The lowest BCUT2D eigenvalue weighted by atomic mass is 10.5. The molecule has 60 valence electrons. The number of esters is 1. The molecule has 0 aliphatic rings. The van der Waals surface area contributed by atoms with Gasteiger partial charge in [0.05, 0.1) is 13.4 Å². The summed E-state index contributed by atoms with van der Waals surface area (Å²) in [6.45, 7) is 3.33. The van der Waals surface area contributed by atoms with E-state index in [0.717, 1.165) is 12.7 Å². The van der Waals surface area contributed by atoms with Crippen LogP contribution in [0.15, 0.2) is 12.3 Å². The summed E-state index contributed by atoms with van der Waals surface area (Å²) in [6.07, 6.45) is 3.65. The molecule has 10 heavy (non-hydrogen) atoms. The van der Waals surface area contributed by atoms with E-state index in [1.54, 1.807) is 6.08 Å². The van der Waals surface area contributed by atoms with Crippen LogP contribution in [0.1, 0.15) is 20.3 Å². The van der Waals surface area contributed by atoms with E-state index >= 15 is 0 Å². The van der Waals surface area contributed by atoms with E-state index in [0.29, 0.717) is 0 Å². The Morgan fingerprint density at radius 3 is 2.10 bits per heavy atom. The third kappa shape index (κ3) is 27.9. The third-order valence-corrected chi connectivity index (χ3v) is 0.629. The van der Waals surface area contributed by atoms with E-state index in [9.17, 15) is 4.79 Å². The van der Waals surface area contributed by atoms with Crippen LogP contribution in [0.2, 0.25) is 0 Å². The Kier molecular flexibility index (Phi) is 12.8. The Morgan fingerprint density at radius 1 is 1.70 bits per heavy atom. The van der Waals surface area contributed by atoms with Crippen molar-refractivity contribution in [2.24, 2.45) is 0 Å². The molecule has 0 aliphatic carbocycles. The first-order valence-corrected chi connectivity index (χ1v) is 3.02. The van der Waals surface area contributed by atoms with Gasteiger partial charge in [-0.1, -0.05) is 13.0 Å². The van der Waals surface area contributed by atoms with E-state index in [-0.39, 0.29) is 5.97 Å². The van der Waals surface area contributed by atoms with Crippen LogP contribution in [0.4, 0.5) is 0 Å². The van der Waals surface area contributed by atoms with Gasteiger partial charge in [0.25, 0.3) is 0 Å². The monoisotopic (exact) mass is 146 g/mol. The fourth-order valence-electron chi connectivity index (χ4n) is 0.105. The number of carbonyl (C=O) groups is 1. The first kappa shape index (κ1) is 11.8. The zero-order chi connectivity index (χ0) is 8.41. The van der Waals surface area contributed by atoms with Gasteiger partial charge in [-0.2, -0.15) is 0 Å². The van der Waals surface area contributed by atoms with Gasteiger partial charge in [-0.15, -0.1) is 0 Å². The topological polar surface area (TPSA) is 46.5 Å². The standard InChI is InChI=1S/C4H8O.C3H6O2/c1-2-3-4-5;1-3(4)5-2/h3-5H,2H2,1H3;1-2H3/b4-3+;. The molecular weight excluding hydrogens is 132 g/mol. The third-order valence-electron chi connectivity index (χ3n) is 0.629. The Bertz CT molecular complexity index is 97.0. The average molecular weight is 146 g/mol. The molecule has 0 fully saturated rings. The first-order chi connectivity index (χ1) is 4.68. The second-order valence-corrected chi connectivity index (χ2v) is 1.49. The Labute approximate surface area is 61.3 Å². The maximum Gasteiger partial charge on any atom is 0.302 e. The van der Waals surface area contributed by atoms with E-state index in [2.05, 4.69) is 4.74 Å². The predicted octanol–water partition coefficient (Wildman–Crippen LogP) is 1.65. The van der Waals surface area contributed by atoms with E-state index in [1.165, 1.54) is 14.0 Å². The Balaban J connectivity index is 0.